The van der Waals surface area contributed by atoms with Gasteiger partial charge in [0.15, 0.2) is 6.61 Å². The summed E-state index contributed by atoms with van der Waals surface area (Å²) in [7, 11) is 0. The highest BCUT2D eigenvalue weighted by Crippen LogP contribution is 2.58. The van der Waals surface area contributed by atoms with Crippen molar-refractivity contribution in [3.63, 3.8) is 0 Å². The monoisotopic (exact) mass is 375 g/mol. The summed E-state index contributed by atoms with van der Waals surface area (Å²) in [4.78, 5) is 9.94. The van der Waals surface area contributed by atoms with Gasteiger partial charge in [-0.25, -0.2) is 13.6 Å². The average Bonchev–Trinajstić information content (AvgIpc) is 2.35. The molecule has 138 valence electrons. The Morgan fingerprint density at radius 3 is 1.52 bits per heavy atom. The van der Waals surface area contributed by atoms with Gasteiger partial charge in [0, 0.05) is 0 Å². The molecule has 0 aromatic heterocycles. The largest absolute Gasteiger partial charge is 0.443 e. The summed E-state index contributed by atoms with van der Waals surface area (Å²) in [6.45, 7) is -3.00. The zero-order valence-electron chi connectivity index (χ0n) is 10.2. The van der Waals surface area contributed by atoms with E-state index in [9.17, 15) is 57.5 Å². The molecule has 0 aliphatic rings. The molecular weight excluding hydrogens is 370 g/mol. The van der Waals surface area contributed by atoms with E-state index in [4.69, 9.17) is 0 Å². The van der Waals surface area contributed by atoms with E-state index in [1.54, 1.807) is 0 Å². The van der Waals surface area contributed by atoms with Gasteiger partial charge < -0.3 is 10.5 Å². The van der Waals surface area contributed by atoms with Crippen molar-refractivity contribution < 1.29 is 62.2 Å². The first-order valence-corrected chi connectivity index (χ1v) is 4.95. The third-order valence-electron chi connectivity index (χ3n) is 2.34. The summed E-state index contributed by atoms with van der Waals surface area (Å²) in [5.74, 6) is -35.9. The minimum absolute atomic E-state index is 2.21. The van der Waals surface area contributed by atoms with E-state index in [0.717, 1.165) is 0 Å². The smallest absolute Gasteiger partial charge is 0.404 e. The molecule has 0 spiro atoms. The summed E-state index contributed by atoms with van der Waals surface area (Å²) in [6, 6.07) is 0. The number of primary amides is 1. The number of alkyl halides is 12. The van der Waals surface area contributed by atoms with Gasteiger partial charge in [0.1, 0.15) is 0 Å². The lowest BCUT2D eigenvalue weighted by atomic mass is 9.94. The van der Waals surface area contributed by atoms with E-state index >= 15 is 0 Å². The SMILES string of the molecule is NC(=O)OCC(F)(F)C(F)(F)C(F)(F)C(F)(F)C(F)(F)C(F)F. The molecular formula is C8H5F12NO2. The maximum atomic E-state index is 12.9. The quantitative estimate of drug-likeness (QED) is 0.693. The fourth-order valence-electron chi connectivity index (χ4n) is 1.03. The van der Waals surface area contributed by atoms with E-state index in [-0.39, 0.29) is 0 Å². The highest BCUT2D eigenvalue weighted by Gasteiger charge is 2.87. The molecule has 1 amide bonds. The number of carbonyl (C=O) groups excluding carboxylic acids is 1. The first-order valence-electron chi connectivity index (χ1n) is 4.95. The van der Waals surface area contributed by atoms with Crippen LogP contribution in [0.5, 0.6) is 0 Å². The summed E-state index contributed by atoms with van der Waals surface area (Å²) >= 11 is 0. The minimum Gasteiger partial charge on any atom is -0.443 e. The van der Waals surface area contributed by atoms with Crippen LogP contribution in [0.25, 0.3) is 0 Å². The molecule has 0 bridgehead atoms. The second-order valence-electron chi connectivity index (χ2n) is 3.96. The van der Waals surface area contributed by atoms with Crippen molar-refractivity contribution in [1.82, 2.24) is 0 Å². The molecule has 0 atom stereocenters. The van der Waals surface area contributed by atoms with Crippen LogP contribution in [-0.2, 0) is 4.74 Å². The van der Waals surface area contributed by atoms with Crippen LogP contribution in [0.15, 0.2) is 0 Å². The molecule has 0 rings (SSSR count). The molecule has 0 aliphatic heterocycles. The number of rotatable bonds is 7. The van der Waals surface area contributed by atoms with Crippen molar-refractivity contribution >= 4 is 6.09 Å². The molecule has 0 saturated heterocycles. The molecule has 0 aromatic carbocycles. The van der Waals surface area contributed by atoms with Crippen molar-refractivity contribution in [2.24, 2.45) is 5.73 Å². The molecule has 0 aromatic rings. The minimum atomic E-state index is -7.65. The summed E-state index contributed by atoms with van der Waals surface area (Å²) < 4.78 is 154. The van der Waals surface area contributed by atoms with Gasteiger partial charge in [-0.3, -0.25) is 0 Å². The highest BCUT2D eigenvalue weighted by molar-refractivity contribution is 5.64. The lowest BCUT2D eigenvalue weighted by molar-refractivity contribution is -0.414. The molecule has 0 aliphatic carbocycles. The van der Waals surface area contributed by atoms with Gasteiger partial charge in [-0.2, -0.15) is 43.9 Å². The van der Waals surface area contributed by atoms with Gasteiger partial charge in [0.25, 0.3) is 0 Å². The van der Waals surface area contributed by atoms with Crippen molar-refractivity contribution in [3.05, 3.63) is 0 Å². The molecule has 0 saturated carbocycles. The van der Waals surface area contributed by atoms with Crippen molar-refractivity contribution in [2.45, 2.75) is 36.0 Å². The van der Waals surface area contributed by atoms with Gasteiger partial charge in [0.2, 0.25) is 0 Å². The lowest BCUT2D eigenvalue weighted by Gasteiger charge is -2.38. The predicted molar refractivity (Wildman–Crippen MR) is 46.3 cm³/mol. The van der Waals surface area contributed by atoms with Gasteiger partial charge in [-0.05, 0) is 0 Å². The number of amides is 1. The number of carbonyl (C=O) groups is 1. The molecule has 3 nitrogen and oxygen atoms in total. The summed E-state index contributed by atoms with van der Waals surface area (Å²) in [5.41, 5.74) is 4.05. The Hall–Kier alpha value is -1.57. The number of hydrogen-bond acceptors (Lipinski definition) is 2. The Balaban J connectivity index is 5.91. The maximum Gasteiger partial charge on any atom is 0.404 e. The Bertz CT molecular complexity index is 448. The van der Waals surface area contributed by atoms with Gasteiger partial charge in [0.05, 0.1) is 0 Å². The molecule has 0 radical (unpaired) electrons. The van der Waals surface area contributed by atoms with Crippen LogP contribution in [0.3, 0.4) is 0 Å². The van der Waals surface area contributed by atoms with Crippen molar-refractivity contribution in [1.29, 1.82) is 0 Å². The Morgan fingerprint density at radius 2 is 1.22 bits per heavy atom. The molecule has 2 N–H and O–H groups in total. The molecule has 0 heterocycles. The first kappa shape index (κ1) is 21.4. The van der Waals surface area contributed by atoms with Crippen LogP contribution in [0.1, 0.15) is 0 Å². The van der Waals surface area contributed by atoms with Crippen LogP contribution in [0, 0.1) is 0 Å². The third kappa shape index (κ3) is 3.22. The number of nitrogens with two attached hydrogens (primary N) is 1. The van der Waals surface area contributed by atoms with Crippen molar-refractivity contribution in [2.75, 3.05) is 6.61 Å². The normalized spacial score (nSPS) is 15.0. The van der Waals surface area contributed by atoms with Gasteiger partial charge >= 0.3 is 42.1 Å². The highest BCUT2D eigenvalue weighted by atomic mass is 19.4. The van der Waals surface area contributed by atoms with Crippen molar-refractivity contribution in [3.8, 4) is 0 Å². The van der Waals surface area contributed by atoms with E-state index in [0.29, 0.717) is 0 Å². The standard InChI is InChI=1S/C8H5F12NO2/c9-2(10)5(13,14)7(17,18)8(19,20)6(15,16)4(11,12)1-23-3(21)22/h2H,1H2,(H2,21,22). The van der Waals surface area contributed by atoms with Crippen LogP contribution < -0.4 is 5.73 Å². The Kier molecular flexibility index (Phi) is 5.41. The second kappa shape index (κ2) is 5.81. The van der Waals surface area contributed by atoms with Gasteiger partial charge in [-0.15, -0.1) is 0 Å². The van der Waals surface area contributed by atoms with Gasteiger partial charge in [-0.1, -0.05) is 0 Å². The fourth-order valence-corrected chi connectivity index (χ4v) is 1.03. The van der Waals surface area contributed by atoms with E-state index < -0.39 is 48.7 Å². The first-order chi connectivity index (χ1) is 9.86. The Labute approximate surface area is 118 Å². The number of hydrogen-bond donors (Lipinski definition) is 1. The van der Waals surface area contributed by atoms with Crippen LogP contribution in [0.2, 0.25) is 0 Å². The predicted octanol–water partition coefficient (Wildman–Crippen LogP) is 3.52. The average molecular weight is 375 g/mol. The molecule has 0 unspecified atom stereocenters. The molecule has 15 heteroatoms. The second-order valence-corrected chi connectivity index (χ2v) is 3.96. The number of halogens is 12. The number of ether oxygens (including phenoxy) is 1. The topological polar surface area (TPSA) is 52.3 Å². The fraction of sp³-hybridized carbons (Fsp3) is 0.875. The zero-order valence-corrected chi connectivity index (χ0v) is 10.2. The Morgan fingerprint density at radius 1 is 0.826 bits per heavy atom. The van der Waals surface area contributed by atoms with Crippen LogP contribution in [0.4, 0.5) is 57.5 Å². The van der Waals surface area contributed by atoms with E-state index in [2.05, 4.69) is 10.5 Å². The zero-order chi connectivity index (χ0) is 19.1. The van der Waals surface area contributed by atoms with E-state index in [1.165, 1.54) is 0 Å². The summed E-state index contributed by atoms with van der Waals surface area (Å²) in [6.07, 6.45) is -7.79. The lowest BCUT2D eigenvalue weighted by Crippen LogP contribution is -2.69. The maximum absolute atomic E-state index is 12.9. The molecule has 0 fully saturated rings. The van der Waals surface area contributed by atoms with E-state index in [1.807, 2.05) is 0 Å². The van der Waals surface area contributed by atoms with Crippen LogP contribution in [-0.4, -0.2) is 48.7 Å². The molecule has 23 heavy (non-hydrogen) atoms. The summed E-state index contributed by atoms with van der Waals surface area (Å²) in [5, 5.41) is 0. The third-order valence-corrected chi connectivity index (χ3v) is 2.34. The van der Waals surface area contributed by atoms with Crippen LogP contribution >= 0.6 is 0 Å².